The van der Waals surface area contributed by atoms with Gasteiger partial charge < -0.3 is 10.6 Å². The molecule has 0 aromatic rings. The van der Waals surface area contributed by atoms with Crippen molar-refractivity contribution in [3.05, 3.63) is 0 Å². The Morgan fingerprint density at radius 3 is 2.18 bits per heavy atom. The molecule has 2 heteroatoms. The molecule has 2 nitrogen and oxygen atoms in total. The van der Waals surface area contributed by atoms with E-state index in [-0.39, 0.29) is 0 Å². The van der Waals surface area contributed by atoms with Gasteiger partial charge in [-0.05, 0) is 51.5 Å². The number of nitrogens with zero attached hydrogens (tertiary/aromatic N) is 1. The molecule has 0 aromatic carbocycles. The zero-order valence-corrected chi connectivity index (χ0v) is 12.3. The van der Waals surface area contributed by atoms with Crippen LogP contribution in [0.25, 0.3) is 0 Å². The van der Waals surface area contributed by atoms with Crippen LogP contribution in [0.5, 0.6) is 0 Å². The van der Waals surface area contributed by atoms with Gasteiger partial charge in [0.05, 0.1) is 0 Å². The summed E-state index contributed by atoms with van der Waals surface area (Å²) in [7, 11) is 2.33. The number of rotatable bonds is 6. The molecule has 0 aromatic heterocycles. The molecule has 0 heterocycles. The molecule has 0 bridgehead atoms. The maximum atomic E-state index is 5.99. The third-order valence-electron chi connectivity index (χ3n) is 4.74. The summed E-state index contributed by atoms with van der Waals surface area (Å²) in [6, 6.07) is 2.02. The molecule has 102 valence electrons. The molecule has 0 aliphatic heterocycles. The maximum Gasteiger partial charge on any atom is 0.00962 e. The van der Waals surface area contributed by atoms with Crippen molar-refractivity contribution in [1.82, 2.24) is 4.90 Å². The minimum atomic E-state index is 0.467. The monoisotopic (exact) mass is 240 g/mol. The summed E-state index contributed by atoms with van der Waals surface area (Å²) in [6.07, 6.45) is 8.97. The first kappa shape index (κ1) is 15.0. The van der Waals surface area contributed by atoms with Crippen LogP contribution >= 0.6 is 0 Å². The van der Waals surface area contributed by atoms with Gasteiger partial charge in [-0.25, -0.2) is 0 Å². The van der Waals surface area contributed by atoms with E-state index in [2.05, 4.69) is 32.7 Å². The molecule has 0 radical (unpaired) electrons. The van der Waals surface area contributed by atoms with Gasteiger partial charge in [0.2, 0.25) is 0 Å². The van der Waals surface area contributed by atoms with E-state index in [4.69, 9.17) is 5.73 Å². The molecule has 1 saturated carbocycles. The van der Waals surface area contributed by atoms with E-state index in [0.717, 1.165) is 18.0 Å². The average molecular weight is 240 g/mol. The number of hydrogen-bond acceptors (Lipinski definition) is 2. The predicted octanol–water partition coefficient (Wildman–Crippen LogP) is 3.40. The van der Waals surface area contributed by atoms with Crippen LogP contribution in [0.2, 0.25) is 0 Å². The SMILES string of the molecule is CCC(C)CC(CC)N(C)C1CCC(N)CC1. The third kappa shape index (κ3) is 4.59. The summed E-state index contributed by atoms with van der Waals surface area (Å²) in [4.78, 5) is 2.65. The first-order valence-electron chi connectivity index (χ1n) is 7.55. The molecular weight excluding hydrogens is 208 g/mol. The van der Waals surface area contributed by atoms with Gasteiger partial charge in [0, 0.05) is 18.1 Å². The van der Waals surface area contributed by atoms with Crippen LogP contribution in [0.4, 0.5) is 0 Å². The standard InChI is InChI=1S/C15H32N2/c1-5-12(3)11-14(6-2)17(4)15-9-7-13(16)8-10-15/h12-15H,5-11,16H2,1-4H3. The van der Waals surface area contributed by atoms with Crippen molar-refractivity contribution in [1.29, 1.82) is 0 Å². The average Bonchev–Trinajstić information content (AvgIpc) is 2.35. The van der Waals surface area contributed by atoms with Crippen molar-refractivity contribution in [3.8, 4) is 0 Å². The topological polar surface area (TPSA) is 29.3 Å². The van der Waals surface area contributed by atoms with Gasteiger partial charge in [-0.1, -0.05) is 27.2 Å². The second-order valence-corrected chi connectivity index (χ2v) is 6.05. The van der Waals surface area contributed by atoms with Crippen LogP contribution in [0.1, 0.15) is 65.7 Å². The van der Waals surface area contributed by atoms with Gasteiger partial charge in [0.15, 0.2) is 0 Å². The van der Waals surface area contributed by atoms with Crippen molar-refractivity contribution < 1.29 is 0 Å². The molecule has 1 aliphatic rings. The Balaban J connectivity index is 2.44. The zero-order chi connectivity index (χ0) is 12.8. The fraction of sp³-hybridized carbons (Fsp3) is 1.00. The molecule has 1 fully saturated rings. The van der Waals surface area contributed by atoms with Crippen LogP contribution < -0.4 is 5.73 Å². The van der Waals surface area contributed by atoms with Crippen LogP contribution in [0.3, 0.4) is 0 Å². The van der Waals surface area contributed by atoms with Gasteiger partial charge in [-0.2, -0.15) is 0 Å². The second kappa shape index (κ2) is 7.38. The molecule has 0 amide bonds. The Labute approximate surface area is 108 Å². The Bertz CT molecular complexity index is 197. The molecular formula is C15H32N2. The molecule has 17 heavy (non-hydrogen) atoms. The van der Waals surface area contributed by atoms with E-state index in [9.17, 15) is 0 Å². The molecule has 2 unspecified atom stereocenters. The minimum absolute atomic E-state index is 0.467. The lowest BCUT2D eigenvalue weighted by atomic mass is 9.88. The fourth-order valence-corrected chi connectivity index (χ4v) is 3.06. The Hall–Kier alpha value is -0.0800. The summed E-state index contributed by atoms with van der Waals surface area (Å²) in [5.41, 5.74) is 5.99. The molecule has 1 rings (SSSR count). The van der Waals surface area contributed by atoms with Crippen LogP contribution in [-0.2, 0) is 0 Å². The summed E-state index contributed by atoms with van der Waals surface area (Å²) in [5.74, 6) is 0.855. The summed E-state index contributed by atoms with van der Waals surface area (Å²) in [5, 5.41) is 0. The van der Waals surface area contributed by atoms with Gasteiger partial charge in [-0.3, -0.25) is 0 Å². The fourth-order valence-electron chi connectivity index (χ4n) is 3.06. The van der Waals surface area contributed by atoms with Crippen molar-refractivity contribution in [2.75, 3.05) is 7.05 Å². The Morgan fingerprint density at radius 2 is 1.71 bits per heavy atom. The minimum Gasteiger partial charge on any atom is -0.328 e. The Kier molecular flexibility index (Phi) is 6.50. The van der Waals surface area contributed by atoms with Gasteiger partial charge >= 0.3 is 0 Å². The quantitative estimate of drug-likeness (QED) is 0.771. The highest BCUT2D eigenvalue weighted by Gasteiger charge is 2.26. The molecule has 1 aliphatic carbocycles. The highest BCUT2D eigenvalue weighted by molar-refractivity contribution is 4.83. The van der Waals surface area contributed by atoms with E-state index in [1.807, 2.05) is 0 Å². The van der Waals surface area contributed by atoms with E-state index < -0.39 is 0 Å². The number of nitrogens with two attached hydrogens (primary N) is 1. The highest BCUT2D eigenvalue weighted by Crippen LogP contribution is 2.26. The summed E-state index contributed by atoms with van der Waals surface area (Å²) >= 11 is 0. The summed E-state index contributed by atoms with van der Waals surface area (Å²) in [6.45, 7) is 7.02. The normalized spacial score (nSPS) is 29.3. The molecule has 0 spiro atoms. The molecule has 2 N–H and O–H groups in total. The third-order valence-corrected chi connectivity index (χ3v) is 4.74. The number of hydrogen-bond donors (Lipinski definition) is 1. The molecule has 2 atom stereocenters. The lowest BCUT2D eigenvalue weighted by molar-refractivity contribution is 0.112. The largest absolute Gasteiger partial charge is 0.328 e. The smallest absolute Gasteiger partial charge is 0.00962 e. The van der Waals surface area contributed by atoms with Crippen LogP contribution in [-0.4, -0.2) is 30.1 Å². The lowest BCUT2D eigenvalue weighted by Crippen LogP contribution is -2.44. The first-order chi connectivity index (χ1) is 8.08. The van der Waals surface area contributed by atoms with Crippen molar-refractivity contribution in [2.24, 2.45) is 11.7 Å². The van der Waals surface area contributed by atoms with Gasteiger partial charge in [0.1, 0.15) is 0 Å². The van der Waals surface area contributed by atoms with E-state index in [0.29, 0.717) is 6.04 Å². The van der Waals surface area contributed by atoms with E-state index in [1.165, 1.54) is 44.9 Å². The zero-order valence-electron chi connectivity index (χ0n) is 12.3. The van der Waals surface area contributed by atoms with Crippen molar-refractivity contribution in [2.45, 2.75) is 83.8 Å². The van der Waals surface area contributed by atoms with Crippen molar-refractivity contribution in [3.63, 3.8) is 0 Å². The van der Waals surface area contributed by atoms with E-state index in [1.54, 1.807) is 0 Å². The van der Waals surface area contributed by atoms with Crippen LogP contribution in [0.15, 0.2) is 0 Å². The van der Waals surface area contributed by atoms with Crippen LogP contribution in [0, 0.1) is 5.92 Å². The van der Waals surface area contributed by atoms with Gasteiger partial charge in [0.25, 0.3) is 0 Å². The predicted molar refractivity (Wildman–Crippen MR) is 76.1 cm³/mol. The highest BCUT2D eigenvalue weighted by atomic mass is 15.2. The maximum absolute atomic E-state index is 5.99. The lowest BCUT2D eigenvalue weighted by Gasteiger charge is -2.39. The molecule has 0 saturated heterocycles. The second-order valence-electron chi connectivity index (χ2n) is 6.05. The van der Waals surface area contributed by atoms with E-state index >= 15 is 0 Å². The Morgan fingerprint density at radius 1 is 1.12 bits per heavy atom. The first-order valence-corrected chi connectivity index (χ1v) is 7.55. The van der Waals surface area contributed by atoms with Crippen molar-refractivity contribution >= 4 is 0 Å². The van der Waals surface area contributed by atoms with Gasteiger partial charge in [-0.15, -0.1) is 0 Å². The summed E-state index contributed by atoms with van der Waals surface area (Å²) < 4.78 is 0.